The standard InChI is InChI=1S/C13H21NO2/c1-3-5-7-15-11-13-8-12(10-16-13)9-14-6-4-2/h3,5,8,10,14H,4,6-7,9,11H2,1-2H3. The normalized spacial score (nSPS) is 11.4. The fraction of sp³-hybridized carbons (Fsp3) is 0.538. The zero-order valence-electron chi connectivity index (χ0n) is 10.2. The second-order valence-electron chi connectivity index (χ2n) is 3.68. The first-order chi connectivity index (χ1) is 7.86. The number of ether oxygens (including phenoxy) is 1. The predicted molar refractivity (Wildman–Crippen MR) is 65.2 cm³/mol. The molecule has 1 rings (SSSR count). The summed E-state index contributed by atoms with van der Waals surface area (Å²) in [6.07, 6.45) is 6.89. The third kappa shape index (κ3) is 5.14. The fourth-order valence-electron chi connectivity index (χ4n) is 1.33. The van der Waals surface area contributed by atoms with E-state index < -0.39 is 0 Å². The van der Waals surface area contributed by atoms with Crippen LogP contribution >= 0.6 is 0 Å². The molecule has 1 aromatic heterocycles. The van der Waals surface area contributed by atoms with Crippen molar-refractivity contribution in [3.63, 3.8) is 0 Å². The minimum Gasteiger partial charge on any atom is -0.467 e. The van der Waals surface area contributed by atoms with E-state index in [1.165, 1.54) is 5.56 Å². The second kappa shape index (κ2) is 8.13. The van der Waals surface area contributed by atoms with Crippen molar-refractivity contribution >= 4 is 0 Å². The van der Waals surface area contributed by atoms with Gasteiger partial charge in [-0.15, -0.1) is 0 Å². The second-order valence-corrected chi connectivity index (χ2v) is 3.68. The SMILES string of the molecule is CC=CCOCc1cc(CNCCC)co1. The molecule has 3 nitrogen and oxygen atoms in total. The van der Waals surface area contributed by atoms with E-state index in [2.05, 4.69) is 12.2 Å². The van der Waals surface area contributed by atoms with E-state index in [-0.39, 0.29) is 0 Å². The van der Waals surface area contributed by atoms with Crippen molar-refractivity contribution in [2.24, 2.45) is 0 Å². The van der Waals surface area contributed by atoms with E-state index in [0.717, 1.165) is 25.3 Å². The van der Waals surface area contributed by atoms with Crippen molar-refractivity contribution < 1.29 is 9.15 Å². The van der Waals surface area contributed by atoms with Crippen LogP contribution in [0.2, 0.25) is 0 Å². The molecule has 0 aromatic carbocycles. The molecular weight excluding hydrogens is 202 g/mol. The van der Waals surface area contributed by atoms with Crippen LogP contribution in [0.5, 0.6) is 0 Å². The maximum atomic E-state index is 5.40. The summed E-state index contributed by atoms with van der Waals surface area (Å²) in [5, 5.41) is 3.33. The zero-order chi connectivity index (χ0) is 11.6. The van der Waals surface area contributed by atoms with Gasteiger partial charge in [-0.05, 0) is 26.0 Å². The number of allylic oxidation sites excluding steroid dienone is 1. The number of furan rings is 1. The van der Waals surface area contributed by atoms with E-state index in [1.807, 2.05) is 25.1 Å². The molecule has 0 radical (unpaired) electrons. The summed E-state index contributed by atoms with van der Waals surface area (Å²) in [4.78, 5) is 0. The van der Waals surface area contributed by atoms with Gasteiger partial charge in [-0.2, -0.15) is 0 Å². The monoisotopic (exact) mass is 223 g/mol. The number of rotatable bonds is 8. The summed E-state index contributed by atoms with van der Waals surface area (Å²) < 4.78 is 10.8. The number of hydrogen-bond acceptors (Lipinski definition) is 3. The topological polar surface area (TPSA) is 34.4 Å². The van der Waals surface area contributed by atoms with Crippen molar-refractivity contribution in [1.29, 1.82) is 0 Å². The van der Waals surface area contributed by atoms with Gasteiger partial charge in [0, 0.05) is 12.1 Å². The Balaban J connectivity index is 2.22. The molecule has 0 unspecified atom stereocenters. The Morgan fingerprint density at radius 2 is 2.38 bits per heavy atom. The predicted octanol–water partition coefficient (Wildman–Crippen LogP) is 2.87. The van der Waals surface area contributed by atoms with Gasteiger partial charge >= 0.3 is 0 Å². The first kappa shape index (κ1) is 13.0. The summed E-state index contributed by atoms with van der Waals surface area (Å²) in [6, 6.07) is 2.04. The average molecular weight is 223 g/mol. The smallest absolute Gasteiger partial charge is 0.129 e. The lowest BCUT2D eigenvalue weighted by Gasteiger charge is -1.98. The molecule has 0 saturated carbocycles. The van der Waals surface area contributed by atoms with Crippen molar-refractivity contribution in [3.8, 4) is 0 Å². The number of hydrogen-bond donors (Lipinski definition) is 1. The molecule has 0 atom stereocenters. The summed E-state index contributed by atoms with van der Waals surface area (Å²) in [6.45, 7) is 7.22. The molecule has 1 aromatic rings. The third-order valence-corrected chi connectivity index (χ3v) is 2.16. The molecule has 0 fully saturated rings. The molecule has 0 aliphatic heterocycles. The summed E-state index contributed by atoms with van der Waals surface area (Å²) in [5.41, 5.74) is 1.18. The van der Waals surface area contributed by atoms with Gasteiger partial charge < -0.3 is 14.5 Å². The van der Waals surface area contributed by atoms with Crippen molar-refractivity contribution in [2.75, 3.05) is 13.2 Å². The van der Waals surface area contributed by atoms with Crippen LogP contribution in [0.1, 0.15) is 31.6 Å². The van der Waals surface area contributed by atoms with Gasteiger partial charge in [0.15, 0.2) is 0 Å². The highest BCUT2D eigenvalue weighted by molar-refractivity contribution is 5.12. The van der Waals surface area contributed by atoms with Crippen LogP contribution in [-0.2, 0) is 17.9 Å². The van der Waals surface area contributed by atoms with Crippen LogP contribution in [0.4, 0.5) is 0 Å². The van der Waals surface area contributed by atoms with Gasteiger partial charge in [-0.3, -0.25) is 0 Å². The molecule has 90 valence electrons. The van der Waals surface area contributed by atoms with Crippen molar-refractivity contribution in [3.05, 3.63) is 35.8 Å². The Kier molecular flexibility index (Phi) is 6.61. The van der Waals surface area contributed by atoms with Crippen LogP contribution in [0, 0.1) is 0 Å². The summed E-state index contributed by atoms with van der Waals surface area (Å²) in [5.74, 6) is 0.887. The largest absolute Gasteiger partial charge is 0.467 e. The molecular formula is C13H21NO2. The molecule has 1 N–H and O–H groups in total. The molecule has 0 amide bonds. The van der Waals surface area contributed by atoms with E-state index in [1.54, 1.807) is 6.26 Å². The number of nitrogens with one attached hydrogen (secondary N) is 1. The van der Waals surface area contributed by atoms with E-state index in [9.17, 15) is 0 Å². The lowest BCUT2D eigenvalue weighted by Crippen LogP contribution is -2.13. The van der Waals surface area contributed by atoms with Crippen LogP contribution in [0.25, 0.3) is 0 Å². The van der Waals surface area contributed by atoms with Crippen molar-refractivity contribution in [1.82, 2.24) is 5.32 Å². The molecule has 0 aliphatic carbocycles. The molecule has 0 spiro atoms. The first-order valence-corrected chi connectivity index (χ1v) is 5.82. The van der Waals surface area contributed by atoms with Gasteiger partial charge in [-0.1, -0.05) is 19.1 Å². The van der Waals surface area contributed by atoms with E-state index in [4.69, 9.17) is 9.15 Å². The van der Waals surface area contributed by atoms with Crippen LogP contribution in [0.3, 0.4) is 0 Å². The first-order valence-electron chi connectivity index (χ1n) is 5.82. The van der Waals surface area contributed by atoms with Crippen LogP contribution in [0.15, 0.2) is 28.9 Å². The van der Waals surface area contributed by atoms with Crippen molar-refractivity contribution in [2.45, 2.75) is 33.4 Å². The molecule has 1 heterocycles. The Bertz CT molecular complexity index is 305. The van der Waals surface area contributed by atoms with Gasteiger partial charge in [0.05, 0.1) is 12.9 Å². The Morgan fingerprint density at radius 1 is 1.50 bits per heavy atom. The highest BCUT2D eigenvalue weighted by Gasteiger charge is 2.00. The lowest BCUT2D eigenvalue weighted by atomic mass is 10.3. The average Bonchev–Trinajstić information content (AvgIpc) is 2.73. The summed E-state index contributed by atoms with van der Waals surface area (Å²) in [7, 11) is 0. The maximum Gasteiger partial charge on any atom is 0.129 e. The Morgan fingerprint density at radius 3 is 3.12 bits per heavy atom. The quantitative estimate of drug-likeness (QED) is 0.543. The van der Waals surface area contributed by atoms with Gasteiger partial charge in [0.25, 0.3) is 0 Å². The van der Waals surface area contributed by atoms with Crippen LogP contribution < -0.4 is 5.32 Å². The highest BCUT2D eigenvalue weighted by atomic mass is 16.5. The van der Waals surface area contributed by atoms with Crippen LogP contribution in [-0.4, -0.2) is 13.2 Å². The minimum atomic E-state index is 0.540. The third-order valence-electron chi connectivity index (χ3n) is 2.16. The molecule has 16 heavy (non-hydrogen) atoms. The maximum absolute atomic E-state index is 5.40. The molecule has 3 heteroatoms. The minimum absolute atomic E-state index is 0.540. The molecule has 0 saturated heterocycles. The van der Waals surface area contributed by atoms with E-state index >= 15 is 0 Å². The van der Waals surface area contributed by atoms with Gasteiger partial charge in [0.1, 0.15) is 12.4 Å². The van der Waals surface area contributed by atoms with E-state index in [0.29, 0.717) is 13.2 Å². The molecule has 0 bridgehead atoms. The summed E-state index contributed by atoms with van der Waals surface area (Å²) >= 11 is 0. The fourth-order valence-corrected chi connectivity index (χ4v) is 1.33. The highest BCUT2D eigenvalue weighted by Crippen LogP contribution is 2.08. The van der Waals surface area contributed by atoms with Gasteiger partial charge in [-0.25, -0.2) is 0 Å². The van der Waals surface area contributed by atoms with Gasteiger partial charge in [0.2, 0.25) is 0 Å². The lowest BCUT2D eigenvalue weighted by molar-refractivity contribution is 0.131. The Hall–Kier alpha value is -1.06. The Labute approximate surface area is 97.5 Å². The zero-order valence-corrected chi connectivity index (χ0v) is 10.2. The molecule has 0 aliphatic rings.